The number of sulfonamides is 1. The van der Waals surface area contributed by atoms with Crippen LogP contribution in [0.5, 0.6) is 0 Å². The molecule has 1 aliphatic heterocycles. The third-order valence-electron chi connectivity index (χ3n) is 3.07. The largest absolute Gasteiger partial charge is 0.392 e. The predicted molar refractivity (Wildman–Crippen MR) is 70.3 cm³/mol. The van der Waals surface area contributed by atoms with Crippen LogP contribution >= 0.6 is 0 Å². The van der Waals surface area contributed by atoms with Gasteiger partial charge in [0.15, 0.2) is 4.90 Å². The van der Waals surface area contributed by atoms with Crippen molar-refractivity contribution in [2.45, 2.75) is 17.4 Å². The van der Waals surface area contributed by atoms with Crippen LogP contribution in [0, 0.1) is 10.1 Å². The molecule has 1 saturated heterocycles. The van der Waals surface area contributed by atoms with E-state index in [0.717, 1.165) is 16.4 Å². The number of aliphatic hydroxyl groups is 1. The molecule has 1 atom stereocenters. The minimum absolute atomic E-state index is 0.0591. The summed E-state index contributed by atoms with van der Waals surface area (Å²) in [5.41, 5.74) is 1.90. The first-order chi connectivity index (χ1) is 9.36. The Bertz CT molecular complexity index is 633. The molecule has 1 aliphatic rings. The lowest BCUT2D eigenvalue weighted by atomic mass is 10.3. The Morgan fingerprint density at radius 1 is 1.50 bits per heavy atom. The van der Waals surface area contributed by atoms with E-state index < -0.39 is 31.6 Å². The maximum absolute atomic E-state index is 12.4. The molecule has 0 amide bonds. The van der Waals surface area contributed by atoms with Crippen LogP contribution < -0.4 is 11.3 Å². The van der Waals surface area contributed by atoms with Gasteiger partial charge in [0.1, 0.15) is 0 Å². The first-order valence-electron chi connectivity index (χ1n) is 5.79. The van der Waals surface area contributed by atoms with Crippen molar-refractivity contribution in [2.24, 2.45) is 5.84 Å². The van der Waals surface area contributed by atoms with Crippen molar-refractivity contribution in [3.8, 4) is 0 Å². The number of nitrogen functional groups attached to an aromatic ring is 1. The smallest absolute Gasteiger partial charge is 0.291 e. The van der Waals surface area contributed by atoms with Crippen molar-refractivity contribution < 1.29 is 18.4 Å². The number of rotatable bonds is 4. The number of nitro benzene ring substituents is 1. The molecule has 1 aromatic rings. The van der Waals surface area contributed by atoms with Crippen LogP contribution in [0.1, 0.15) is 6.42 Å². The Hall–Kier alpha value is -1.75. The Morgan fingerprint density at radius 3 is 2.70 bits per heavy atom. The van der Waals surface area contributed by atoms with Gasteiger partial charge in [0.25, 0.3) is 5.69 Å². The summed E-state index contributed by atoms with van der Waals surface area (Å²) in [6.07, 6.45) is -0.427. The number of nitrogens with one attached hydrogen (secondary N) is 1. The van der Waals surface area contributed by atoms with Gasteiger partial charge >= 0.3 is 0 Å². The molecular formula is C10H14N4O5S. The molecule has 0 aliphatic carbocycles. The predicted octanol–water partition coefficient (Wildman–Crippen LogP) is -0.364. The van der Waals surface area contributed by atoms with Crippen molar-refractivity contribution in [3.63, 3.8) is 0 Å². The highest BCUT2D eigenvalue weighted by atomic mass is 32.2. The van der Waals surface area contributed by atoms with E-state index >= 15 is 0 Å². The van der Waals surface area contributed by atoms with Gasteiger partial charge in [-0.25, -0.2) is 8.42 Å². The zero-order valence-corrected chi connectivity index (χ0v) is 11.2. The number of nitrogens with two attached hydrogens (primary N) is 1. The molecule has 1 unspecified atom stereocenters. The van der Waals surface area contributed by atoms with Gasteiger partial charge in [-0.3, -0.25) is 16.0 Å². The number of hydrazine groups is 1. The summed E-state index contributed by atoms with van der Waals surface area (Å²) in [5, 5.41) is 20.4. The van der Waals surface area contributed by atoms with Gasteiger partial charge in [0.2, 0.25) is 10.0 Å². The van der Waals surface area contributed by atoms with E-state index in [1.165, 1.54) is 6.07 Å². The molecule has 1 aromatic carbocycles. The number of anilines is 1. The van der Waals surface area contributed by atoms with E-state index in [1.807, 2.05) is 0 Å². The van der Waals surface area contributed by atoms with Crippen LogP contribution in [0.25, 0.3) is 0 Å². The lowest BCUT2D eigenvalue weighted by Gasteiger charge is -2.16. The normalized spacial score (nSPS) is 20.0. The quantitative estimate of drug-likeness (QED) is 0.392. The maximum Gasteiger partial charge on any atom is 0.291 e. The molecular weight excluding hydrogens is 288 g/mol. The SMILES string of the molecule is NNc1ccc(S(=O)(=O)N2CCC(O)C2)c([N+](=O)[O-])c1. The van der Waals surface area contributed by atoms with Gasteiger partial charge in [0.05, 0.1) is 16.7 Å². The highest BCUT2D eigenvalue weighted by molar-refractivity contribution is 7.89. The second-order valence-electron chi connectivity index (χ2n) is 4.39. The second kappa shape index (κ2) is 5.32. The monoisotopic (exact) mass is 302 g/mol. The third kappa shape index (κ3) is 2.58. The maximum atomic E-state index is 12.4. The fourth-order valence-corrected chi connectivity index (χ4v) is 3.67. The number of nitro groups is 1. The molecule has 0 radical (unpaired) electrons. The molecule has 0 spiro atoms. The summed E-state index contributed by atoms with van der Waals surface area (Å²) >= 11 is 0. The van der Waals surface area contributed by atoms with Gasteiger partial charge in [-0.2, -0.15) is 4.31 Å². The average molecular weight is 302 g/mol. The van der Waals surface area contributed by atoms with E-state index in [9.17, 15) is 23.6 Å². The van der Waals surface area contributed by atoms with E-state index in [2.05, 4.69) is 5.43 Å². The Morgan fingerprint density at radius 2 is 2.20 bits per heavy atom. The van der Waals surface area contributed by atoms with Gasteiger partial charge in [0, 0.05) is 19.2 Å². The highest BCUT2D eigenvalue weighted by Gasteiger charge is 2.36. The molecule has 0 aromatic heterocycles. The lowest BCUT2D eigenvalue weighted by molar-refractivity contribution is -0.387. The van der Waals surface area contributed by atoms with E-state index in [1.54, 1.807) is 0 Å². The molecule has 0 saturated carbocycles. The number of hydrogen-bond donors (Lipinski definition) is 3. The minimum Gasteiger partial charge on any atom is -0.392 e. The van der Waals surface area contributed by atoms with Crippen LogP contribution in [0.2, 0.25) is 0 Å². The van der Waals surface area contributed by atoms with E-state index in [-0.39, 0.29) is 18.8 Å². The summed E-state index contributed by atoms with van der Waals surface area (Å²) in [7, 11) is -4.01. The second-order valence-corrected chi connectivity index (χ2v) is 6.30. The summed E-state index contributed by atoms with van der Waals surface area (Å²) in [6, 6.07) is 3.53. The summed E-state index contributed by atoms with van der Waals surface area (Å²) in [5.74, 6) is 5.15. The van der Waals surface area contributed by atoms with Gasteiger partial charge in [-0.15, -0.1) is 0 Å². The van der Waals surface area contributed by atoms with Crippen LogP contribution in [-0.4, -0.2) is 41.9 Å². The lowest BCUT2D eigenvalue weighted by Crippen LogP contribution is -2.30. The van der Waals surface area contributed by atoms with Crippen LogP contribution in [0.15, 0.2) is 23.1 Å². The van der Waals surface area contributed by atoms with Gasteiger partial charge < -0.3 is 10.5 Å². The number of aliphatic hydroxyl groups excluding tert-OH is 1. The van der Waals surface area contributed by atoms with Crippen molar-refractivity contribution in [2.75, 3.05) is 18.5 Å². The molecule has 9 nitrogen and oxygen atoms in total. The van der Waals surface area contributed by atoms with Crippen molar-refractivity contribution in [1.29, 1.82) is 0 Å². The minimum atomic E-state index is -4.01. The third-order valence-corrected chi connectivity index (χ3v) is 4.98. The average Bonchev–Trinajstić information content (AvgIpc) is 2.85. The molecule has 20 heavy (non-hydrogen) atoms. The Balaban J connectivity index is 2.48. The molecule has 0 bridgehead atoms. The summed E-state index contributed by atoms with van der Waals surface area (Å²) in [4.78, 5) is 9.84. The molecule has 10 heteroatoms. The van der Waals surface area contributed by atoms with Gasteiger partial charge in [-0.1, -0.05) is 0 Å². The fraction of sp³-hybridized carbons (Fsp3) is 0.400. The molecule has 110 valence electrons. The van der Waals surface area contributed by atoms with E-state index in [4.69, 9.17) is 5.84 Å². The molecule has 4 N–H and O–H groups in total. The zero-order chi connectivity index (χ0) is 14.9. The topological polar surface area (TPSA) is 139 Å². The summed E-state index contributed by atoms with van der Waals surface area (Å²) < 4.78 is 25.8. The molecule has 1 fully saturated rings. The molecule has 1 heterocycles. The van der Waals surface area contributed by atoms with Crippen LogP contribution in [0.3, 0.4) is 0 Å². The van der Waals surface area contributed by atoms with Crippen molar-refractivity contribution in [3.05, 3.63) is 28.3 Å². The van der Waals surface area contributed by atoms with Crippen LogP contribution in [-0.2, 0) is 10.0 Å². The van der Waals surface area contributed by atoms with Gasteiger partial charge in [-0.05, 0) is 18.6 Å². The first-order valence-corrected chi connectivity index (χ1v) is 7.23. The highest BCUT2D eigenvalue weighted by Crippen LogP contribution is 2.30. The zero-order valence-electron chi connectivity index (χ0n) is 10.4. The fourth-order valence-electron chi connectivity index (χ4n) is 2.04. The first kappa shape index (κ1) is 14.7. The number of benzene rings is 1. The standard InChI is InChI=1S/C10H14N4O5S/c11-12-7-1-2-10(9(5-7)14(16)17)20(18,19)13-4-3-8(15)6-13/h1-2,5,8,12,15H,3-4,6,11H2. The van der Waals surface area contributed by atoms with Crippen molar-refractivity contribution >= 4 is 21.4 Å². The number of β-amino-alcohol motifs (C(OH)–C–C–N with tert-alkyl or cyclic N) is 1. The Kier molecular flexibility index (Phi) is 3.90. The number of nitrogens with zero attached hydrogens (tertiary/aromatic N) is 2. The molecule has 2 rings (SSSR count). The number of hydrogen-bond acceptors (Lipinski definition) is 7. The van der Waals surface area contributed by atoms with Crippen molar-refractivity contribution in [1.82, 2.24) is 4.31 Å². The van der Waals surface area contributed by atoms with E-state index in [0.29, 0.717) is 6.42 Å². The van der Waals surface area contributed by atoms with Crippen LogP contribution in [0.4, 0.5) is 11.4 Å². The Labute approximate surface area is 115 Å². The summed E-state index contributed by atoms with van der Waals surface area (Å²) in [6.45, 7) is 0.0773.